The molecule has 0 aliphatic heterocycles. The SMILES string of the molecule is CCCNC(C)C(c1ncc([N+](=O)[O-])cc1Br)C(C)C. The van der Waals surface area contributed by atoms with Crippen LogP contribution in [0.5, 0.6) is 0 Å². The summed E-state index contributed by atoms with van der Waals surface area (Å²) in [6.45, 7) is 9.50. The highest BCUT2D eigenvalue weighted by atomic mass is 79.9. The van der Waals surface area contributed by atoms with Crippen LogP contribution in [0.1, 0.15) is 45.7 Å². The van der Waals surface area contributed by atoms with Crippen molar-refractivity contribution in [3.63, 3.8) is 0 Å². The standard InChI is InChI=1S/C14H22BrN3O2/c1-5-6-16-10(4)13(9(2)3)14-12(15)7-11(8-17-14)18(19)20/h7-10,13,16H,5-6H2,1-4H3. The molecule has 112 valence electrons. The molecule has 1 aromatic rings. The van der Waals surface area contributed by atoms with Crippen molar-refractivity contribution < 1.29 is 4.92 Å². The Kier molecular flexibility index (Phi) is 6.55. The van der Waals surface area contributed by atoms with Crippen LogP contribution in [0.2, 0.25) is 0 Å². The number of pyridine rings is 1. The minimum atomic E-state index is -0.426. The molecule has 6 heteroatoms. The lowest BCUT2D eigenvalue weighted by atomic mass is 9.86. The third-order valence-electron chi connectivity index (χ3n) is 3.35. The summed E-state index contributed by atoms with van der Waals surface area (Å²) in [6.07, 6.45) is 2.41. The molecule has 0 amide bonds. The number of halogens is 1. The van der Waals surface area contributed by atoms with E-state index in [9.17, 15) is 10.1 Å². The normalized spacial score (nSPS) is 14.3. The van der Waals surface area contributed by atoms with Crippen molar-refractivity contribution in [1.82, 2.24) is 10.3 Å². The van der Waals surface area contributed by atoms with Gasteiger partial charge in [0.2, 0.25) is 0 Å². The van der Waals surface area contributed by atoms with Gasteiger partial charge in [-0.05, 0) is 41.7 Å². The first-order valence-electron chi connectivity index (χ1n) is 6.91. The third kappa shape index (κ3) is 4.24. The average molecular weight is 344 g/mol. The lowest BCUT2D eigenvalue weighted by Gasteiger charge is -2.28. The molecule has 0 fully saturated rings. The quantitative estimate of drug-likeness (QED) is 0.602. The van der Waals surface area contributed by atoms with Crippen LogP contribution in [0.15, 0.2) is 16.7 Å². The van der Waals surface area contributed by atoms with Crippen LogP contribution in [-0.2, 0) is 0 Å². The Morgan fingerprint density at radius 1 is 1.45 bits per heavy atom. The Labute approximate surface area is 128 Å². The van der Waals surface area contributed by atoms with Crippen molar-refractivity contribution in [3.05, 3.63) is 32.5 Å². The van der Waals surface area contributed by atoms with Crippen LogP contribution in [0.25, 0.3) is 0 Å². The van der Waals surface area contributed by atoms with Gasteiger partial charge >= 0.3 is 0 Å². The van der Waals surface area contributed by atoms with Crippen molar-refractivity contribution >= 4 is 21.6 Å². The van der Waals surface area contributed by atoms with Gasteiger partial charge in [-0.25, -0.2) is 0 Å². The van der Waals surface area contributed by atoms with E-state index < -0.39 is 4.92 Å². The summed E-state index contributed by atoms with van der Waals surface area (Å²) in [7, 11) is 0. The average Bonchev–Trinajstić information content (AvgIpc) is 2.37. The maximum atomic E-state index is 10.8. The van der Waals surface area contributed by atoms with E-state index in [1.54, 1.807) is 0 Å². The Balaban J connectivity index is 3.06. The van der Waals surface area contributed by atoms with E-state index >= 15 is 0 Å². The summed E-state index contributed by atoms with van der Waals surface area (Å²) < 4.78 is 0.704. The van der Waals surface area contributed by atoms with Gasteiger partial charge in [0.15, 0.2) is 0 Å². The van der Waals surface area contributed by atoms with Crippen LogP contribution < -0.4 is 5.32 Å². The van der Waals surface area contributed by atoms with Crippen LogP contribution in [0.4, 0.5) is 5.69 Å². The molecule has 2 unspecified atom stereocenters. The molecule has 5 nitrogen and oxygen atoms in total. The Bertz CT molecular complexity index is 466. The second-order valence-corrected chi connectivity index (χ2v) is 6.18. The Morgan fingerprint density at radius 2 is 2.10 bits per heavy atom. The van der Waals surface area contributed by atoms with Crippen LogP contribution >= 0.6 is 15.9 Å². The fourth-order valence-electron chi connectivity index (χ4n) is 2.41. The molecule has 0 radical (unpaired) electrons. The second kappa shape index (κ2) is 7.69. The first-order valence-corrected chi connectivity index (χ1v) is 7.71. The topological polar surface area (TPSA) is 68.1 Å². The van der Waals surface area contributed by atoms with Crippen LogP contribution in [0.3, 0.4) is 0 Å². The van der Waals surface area contributed by atoms with E-state index in [0.717, 1.165) is 18.7 Å². The smallest absolute Gasteiger partial charge is 0.288 e. The number of nitrogens with one attached hydrogen (secondary N) is 1. The van der Waals surface area contributed by atoms with Crippen LogP contribution in [0, 0.1) is 16.0 Å². The number of nitrogens with zero attached hydrogens (tertiary/aromatic N) is 2. The van der Waals surface area contributed by atoms with Gasteiger partial charge in [-0.1, -0.05) is 20.8 Å². The molecule has 1 aromatic heterocycles. The summed E-state index contributed by atoms with van der Waals surface area (Å²) in [4.78, 5) is 14.7. The minimum Gasteiger partial charge on any atom is -0.314 e. The maximum absolute atomic E-state index is 10.8. The van der Waals surface area contributed by atoms with E-state index in [0.29, 0.717) is 10.4 Å². The number of aromatic nitrogens is 1. The summed E-state index contributed by atoms with van der Waals surface area (Å²) in [6, 6.07) is 1.80. The van der Waals surface area contributed by atoms with Gasteiger partial charge in [0.25, 0.3) is 5.69 Å². The summed E-state index contributed by atoms with van der Waals surface area (Å²) in [5, 5.41) is 14.3. The molecule has 0 saturated heterocycles. The molecule has 0 aromatic carbocycles. The fourth-order valence-corrected chi connectivity index (χ4v) is 3.01. The van der Waals surface area contributed by atoms with Crippen molar-refractivity contribution in [3.8, 4) is 0 Å². The molecular formula is C14H22BrN3O2. The summed E-state index contributed by atoms with van der Waals surface area (Å²) in [5.74, 6) is 0.594. The summed E-state index contributed by atoms with van der Waals surface area (Å²) in [5.41, 5.74) is 0.888. The van der Waals surface area contributed by atoms with Gasteiger partial charge in [-0.2, -0.15) is 0 Å². The zero-order chi connectivity index (χ0) is 15.3. The van der Waals surface area contributed by atoms with Gasteiger partial charge in [0, 0.05) is 22.5 Å². The first-order chi connectivity index (χ1) is 9.38. The Hall–Kier alpha value is -1.01. The predicted octanol–water partition coefficient (Wildman–Crippen LogP) is 3.88. The maximum Gasteiger partial charge on any atom is 0.288 e. The molecule has 20 heavy (non-hydrogen) atoms. The largest absolute Gasteiger partial charge is 0.314 e. The van der Waals surface area contributed by atoms with E-state index in [-0.39, 0.29) is 17.6 Å². The van der Waals surface area contributed by atoms with Crippen molar-refractivity contribution in [2.75, 3.05) is 6.54 Å². The zero-order valence-electron chi connectivity index (χ0n) is 12.4. The molecule has 1 rings (SSSR count). The molecule has 0 saturated carbocycles. The lowest BCUT2D eigenvalue weighted by molar-refractivity contribution is -0.385. The highest BCUT2D eigenvalue weighted by molar-refractivity contribution is 9.10. The molecule has 0 aliphatic rings. The van der Waals surface area contributed by atoms with E-state index in [1.165, 1.54) is 12.3 Å². The number of nitro groups is 1. The lowest BCUT2D eigenvalue weighted by Crippen LogP contribution is -2.35. The Morgan fingerprint density at radius 3 is 2.55 bits per heavy atom. The van der Waals surface area contributed by atoms with Gasteiger partial charge in [0.1, 0.15) is 6.20 Å². The van der Waals surface area contributed by atoms with E-state index in [1.807, 2.05) is 0 Å². The predicted molar refractivity (Wildman–Crippen MR) is 83.9 cm³/mol. The molecule has 2 atom stereocenters. The number of rotatable bonds is 7. The molecule has 0 bridgehead atoms. The molecule has 0 spiro atoms. The van der Waals surface area contributed by atoms with Gasteiger partial charge < -0.3 is 5.32 Å². The van der Waals surface area contributed by atoms with Gasteiger partial charge in [-0.3, -0.25) is 15.1 Å². The van der Waals surface area contributed by atoms with E-state index in [4.69, 9.17) is 0 Å². The molecule has 0 aliphatic carbocycles. The highest BCUT2D eigenvalue weighted by Gasteiger charge is 2.26. The molecule has 1 heterocycles. The van der Waals surface area contributed by atoms with Gasteiger partial charge in [-0.15, -0.1) is 0 Å². The second-order valence-electron chi connectivity index (χ2n) is 5.33. The van der Waals surface area contributed by atoms with Crippen molar-refractivity contribution in [2.24, 2.45) is 5.92 Å². The summed E-state index contributed by atoms with van der Waals surface area (Å²) >= 11 is 3.43. The van der Waals surface area contributed by atoms with Crippen LogP contribution in [-0.4, -0.2) is 22.5 Å². The van der Waals surface area contributed by atoms with Crippen molar-refractivity contribution in [2.45, 2.75) is 46.1 Å². The molecule has 1 N–H and O–H groups in total. The zero-order valence-corrected chi connectivity index (χ0v) is 14.0. The van der Waals surface area contributed by atoms with Crippen molar-refractivity contribution in [1.29, 1.82) is 0 Å². The van der Waals surface area contributed by atoms with E-state index in [2.05, 4.69) is 53.9 Å². The monoisotopic (exact) mass is 343 g/mol. The highest BCUT2D eigenvalue weighted by Crippen LogP contribution is 2.33. The molecular weight excluding hydrogens is 322 g/mol. The number of hydrogen-bond donors (Lipinski definition) is 1. The first kappa shape index (κ1) is 17.0. The number of hydrogen-bond acceptors (Lipinski definition) is 4. The third-order valence-corrected chi connectivity index (χ3v) is 3.99. The fraction of sp³-hybridized carbons (Fsp3) is 0.643. The minimum absolute atomic E-state index is 0.0114. The van der Waals surface area contributed by atoms with Gasteiger partial charge in [0.05, 0.1) is 10.6 Å².